The molecule has 2 fully saturated rings. The lowest BCUT2D eigenvalue weighted by Gasteiger charge is -2.37. The van der Waals surface area contributed by atoms with Gasteiger partial charge in [0, 0.05) is 44.0 Å². The molecule has 9 nitrogen and oxygen atoms in total. The maximum Gasteiger partial charge on any atom is 0.490 e. The third-order valence-corrected chi connectivity index (χ3v) is 6.87. The van der Waals surface area contributed by atoms with E-state index in [9.17, 15) is 40.7 Å². The molecule has 1 aromatic carbocycles. The summed E-state index contributed by atoms with van der Waals surface area (Å²) in [5, 5.41) is 13.6. The van der Waals surface area contributed by atoms with Gasteiger partial charge in [0.2, 0.25) is 11.8 Å². The third-order valence-electron chi connectivity index (χ3n) is 6.87. The summed E-state index contributed by atoms with van der Waals surface area (Å²) < 4.78 is 73.3. The van der Waals surface area contributed by atoms with Crippen LogP contribution in [0.1, 0.15) is 52.0 Å². The van der Waals surface area contributed by atoms with Gasteiger partial charge < -0.3 is 14.9 Å². The van der Waals surface area contributed by atoms with Gasteiger partial charge in [-0.1, -0.05) is 6.07 Å². The van der Waals surface area contributed by atoms with E-state index in [-0.39, 0.29) is 56.4 Å². The fourth-order valence-electron chi connectivity index (χ4n) is 4.49. The van der Waals surface area contributed by atoms with Crippen molar-refractivity contribution in [2.75, 3.05) is 19.6 Å². The molecule has 15 heteroatoms. The van der Waals surface area contributed by atoms with Crippen LogP contribution >= 0.6 is 0 Å². The van der Waals surface area contributed by atoms with Crippen LogP contribution in [0.5, 0.6) is 0 Å². The average Bonchev–Trinajstić information content (AvgIpc) is 3.24. The molecule has 1 unspecified atom stereocenters. The number of nitrogens with one attached hydrogen (secondary N) is 1. The molecular formula is C25H26F6N4O5. The van der Waals surface area contributed by atoms with E-state index >= 15 is 0 Å². The van der Waals surface area contributed by atoms with E-state index in [0.717, 1.165) is 5.56 Å². The van der Waals surface area contributed by atoms with Gasteiger partial charge in [0.25, 0.3) is 11.5 Å². The highest BCUT2D eigenvalue weighted by Crippen LogP contribution is 2.37. The number of aromatic amines is 1. The van der Waals surface area contributed by atoms with Crippen molar-refractivity contribution in [3.8, 4) is 0 Å². The quantitative estimate of drug-likeness (QED) is 0.539. The van der Waals surface area contributed by atoms with Crippen molar-refractivity contribution in [3.63, 3.8) is 0 Å². The number of carboxylic acids is 1. The molecule has 0 spiro atoms. The highest BCUT2D eigenvalue weighted by atomic mass is 19.4. The molecule has 1 aliphatic heterocycles. The number of nitrogens with zero attached hydrogens (tertiary/aromatic N) is 3. The number of piperazine rings is 1. The van der Waals surface area contributed by atoms with Gasteiger partial charge in [-0.15, -0.1) is 0 Å². The Bertz CT molecular complexity index is 1360. The Morgan fingerprint density at radius 2 is 1.80 bits per heavy atom. The molecule has 1 atom stereocenters. The lowest BCUT2D eigenvalue weighted by Crippen LogP contribution is -2.55. The predicted molar refractivity (Wildman–Crippen MR) is 127 cm³/mol. The number of amides is 2. The van der Waals surface area contributed by atoms with Crippen molar-refractivity contribution in [3.05, 3.63) is 62.3 Å². The highest BCUT2D eigenvalue weighted by Gasteiger charge is 2.44. The fraction of sp³-hybridized carbons (Fsp3) is 0.480. The molecular weight excluding hydrogens is 550 g/mol. The predicted octanol–water partition coefficient (Wildman–Crippen LogP) is 3.22. The smallest absolute Gasteiger partial charge is 0.475 e. The average molecular weight is 576 g/mol. The Morgan fingerprint density at radius 3 is 2.35 bits per heavy atom. The maximum absolute atomic E-state index is 14.5. The molecule has 1 saturated heterocycles. The van der Waals surface area contributed by atoms with Gasteiger partial charge in [0.15, 0.2) is 0 Å². The number of benzene rings is 1. The summed E-state index contributed by atoms with van der Waals surface area (Å²) in [4.78, 5) is 48.8. The summed E-state index contributed by atoms with van der Waals surface area (Å²) in [5.74, 6) is -7.26. The number of carbonyl (C=O) groups excluding carboxylic acids is 2. The first-order valence-corrected chi connectivity index (χ1v) is 12.1. The Hall–Kier alpha value is -3.91. The molecule has 1 aromatic heterocycles. The van der Waals surface area contributed by atoms with Gasteiger partial charge in [-0.05, 0) is 43.5 Å². The Kier molecular flexibility index (Phi) is 8.94. The molecule has 0 radical (unpaired) electrons. The highest BCUT2D eigenvalue weighted by molar-refractivity contribution is 5.97. The van der Waals surface area contributed by atoms with E-state index in [4.69, 9.17) is 9.90 Å². The number of H-pyrrole nitrogens is 1. The van der Waals surface area contributed by atoms with Crippen LogP contribution in [0.25, 0.3) is 0 Å². The van der Waals surface area contributed by atoms with Gasteiger partial charge >= 0.3 is 12.1 Å². The third kappa shape index (κ3) is 7.18. The molecule has 2 aliphatic rings. The summed E-state index contributed by atoms with van der Waals surface area (Å²) in [5.41, 5.74) is 2.04. The SMILES string of the molecule is Cc1c(Cc2ccc(F)c(C(=O)N3CCN(C4CCC(F)(F)C4)C(=O)C3)c2)n[nH]c(=O)c1C.O=C(O)C(F)(F)F. The molecule has 2 amide bonds. The van der Waals surface area contributed by atoms with E-state index in [1.165, 1.54) is 28.0 Å². The first-order valence-electron chi connectivity index (χ1n) is 12.1. The topological polar surface area (TPSA) is 124 Å². The monoisotopic (exact) mass is 576 g/mol. The number of carboxylic acid groups (broad SMARTS) is 1. The van der Waals surface area contributed by atoms with Gasteiger partial charge in [-0.3, -0.25) is 14.4 Å². The normalized spacial score (nSPS) is 18.8. The molecule has 0 bridgehead atoms. The lowest BCUT2D eigenvalue weighted by molar-refractivity contribution is -0.192. The summed E-state index contributed by atoms with van der Waals surface area (Å²) in [6.45, 7) is 3.48. The maximum atomic E-state index is 14.5. The van der Waals surface area contributed by atoms with E-state index in [1.807, 2.05) is 0 Å². The van der Waals surface area contributed by atoms with Gasteiger partial charge in [-0.2, -0.15) is 18.3 Å². The summed E-state index contributed by atoms with van der Waals surface area (Å²) in [7, 11) is 0. The van der Waals surface area contributed by atoms with Gasteiger partial charge in [0.05, 0.1) is 11.3 Å². The van der Waals surface area contributed by atoms with Crippen LogP contribution in [0.2, 0.25) is 0 Å². The number of hydrogen-bond acceptors (Lipinski definition) is 5. The zero-order chi connectivity index (χ0) is 30.0. The van der Waals surface area contributed by atoms with Crippen LogP contribution < -0.4 is 5.56 Å². The zero-order valence-electron chi connectivity index (χ0n) is 21.4. The van der Waals surface area contributed by atoms with Crippen molar-refractivity contribution in [2.45, 2.75) is 57.7 Å². The summed E-state index contributed by atoms with van der Waals surface area (Å²) >= 11 is 0. The molecule has 2 heterocycles. The van der Waals surface area contributed by atoms with Crippen LogP contribution in [-0.2, 0) is 16.0 Å². The second-order valence-electron chi connectivity index (χ2n) is 9.61. The first-order chi connectivity index (χ1) is 18.5. The molecule has 1 saturated carbocycles. The number of rotatable bonds is 4. The molecule has 4 rings (SSSR count). The largest absolute Gasteiger partial charge is 0.490 e. The summed E-state index contributed by atoms with van der Waals surface area (Å²) in [6, 6.07) is 3.63. The van der Waals surface area contributed by atoms with Crippen LogP contribution in [0, 0.1) is 19.7 Å². The van der Waals surface area contributed by atoms with Crippen molar-refractivity contribution < 1.29 is 45.8 Å². The number of aromatic nitrogens is 2. The Morgan fingerprint density at radius 1 is 1.15 bits per heavy atom. The van der Waals surface area contributed by atoms with E-state index in [0.29, 0.717) is 16.8 Å². The zero-order valence-corrected chi connectivity index (χ0v) is 21.4. The standard InChI is InChI=1S/C23H25F3N4O3.C2HF3O2/c1-13-14(2)21(32)28-27-19(13)10-15-3-4-18(24)17(9-15)22(33)29-7-8-30(20(31)12-29)16-5-6-23(25,26)11-16;3-2(4,5)1(6)7/h3-4,9,16H,5-8,10-12H2,1-2H3,(H,28,32);(H,6,7). The molecule has 218 valence electrons. The minimum atomic E-state index is -5.08. The molecule has 40 heavy (non-hydrogen) atoms. The molecule has 1 aliphatic carbocycles. The number of alkyl halides is 5. The van der Waals surface area contributed by atoms with Crippen LogP contribution in [0.3, 0.4) is 0 Å². The van der Waals surface area contributed by atoms with Crippen molar-refractivity contribution >= 4 is 17.8 Å². The minimum absolute atomic E-state index is 0.145. The lowest BCUT2D eigenvalue weighted by atomic mass is 10.0. The molecule has 2 aromatic rings. The Balaban J connectivity index is 0.000000559. The first kappa shape index (κ1) is 30.6. The summed E-state index contributed by atoms with van der Waals surface area (Å²) in [6.07, 6.45) is -5.17. The second kappa shape index (κ2) is 11.7. The Labute approximate surface area is 223 Å². The van der Waals surface area contributed by atoms with Gasteiger partial charge in [0.1, 0.15) is 12.4 Å². The number of carbonyl (C=O) groups is 3. The number of aliphatic carboxylic acids is 1. The van der Waals surface area contributed by atoms with E-state index in [1.54, 1.807) is 13.8 Å². The van der Waals surface area contributed by atoms with Crippen LogP contribution in [0.15, 0.2) is 23.0 Å². The minimum Gasteiger partial charge on any atom is -0.475 e. The van der Waals surface area contributed by atoms with E-state index < -0.39 is 41.7 Å². The number of halogens is 6. The van der Waals surface area contributed by atoms with Crippen LogP contribution in [-0.4, -0.2) is 80.7 Å². The van der Waals surface area contributed by atoms with Crippen molar-refractivity contribution in [1.82, 2.24) is 20.0 Å². The van der Waals surface area contributed by atoms with Gasteiger partial charge in [-0.25, -0.2) is 23.1 Å². The van der Waals surface area contributed by atoms with Crippen molar-refractivity contribution in [2.24, 2.45) is 0 Å². The number of hydrogen-bond donors (Lipinski definition) is 2. The molecule has 2 N–H and O–H groups in total. The second-order valence-corrected chi connectivity index (χ2v) is 9.61. The van der Waals surface area contributed by atoms with Crippen molar-refractivity contribution in [1.29, 1.82) is 0 Å². The van der Waals surface area contributed by atoms with E-state index in [2.05, 4.69) is 10.2 Å². The fourth-order valence-corrected chi connectivity index (χ4v) is 4.49. The van der Waals surface area contributed by atoms with Crippen LogP contribution in [0.4, 0.5) is 26.3 Å².